The summed E-state index contributed by atoms with van der Waals surface area (Å²) in [4.78, 5) is 15.3. The quantitative estimate of drug-likeness (QED) is 0.782. The molecule has 1 fully saturated rings. The molecule has 1 saturated heterocycles. The summed E-state index contributed by atoms with van der Waals surface area (Å²) in [5.41, 5.74) is 1.52. The molecule has 0 aromatic heterocycles. The van der Waals surface area contributed by atoms with Crippen LogP contribution in [0.1, 0.15) is 45.6 Å². The fourth-order valence-corrected chi connectivity index (χ4v) is 3.23. The van der Waals surface area contributed by atoms with Gasteiger partial charge in [0, 0.05) is 18.0 Å². The summed E-state index contributed by atoms with van der Waals surface area (Å²) in [5.74, 6) is 0.851. The molecule has 1 aromatic rings. The van der Waals surface area contributed by atoms with Crippen LogP contribution in [-0.2, 0) is 10.2 Å². The van der Waals surface area contributed by atoms with Crippen molar-refractivity contribution in [2.24, 2.45) is 0 Å². The molecule has 20 heavy (non-hydrogen) atoms. The molecule has 1 aromatic carbocycles. The van der Waals surface area contributed by atoms with Crippen LogP contribution in [0.4, 0.5) is 0 Å². The standard InChI is InChI=1S/C17H25NOS/c1-17(2,3)14-7-9-15(10-8-14)20-13-16(19)18-11-5-4-6-12-18/h7-10H,4-6,11-13H2,1-3H3. The Kier molecular flexibility index (Phi) is 5.14. The lowest BCUT2D eigenvalue weighted by Crippen LogP contribution is -2.36. The molecule has 0 spiro atoms. The highest BCUT2D eigenvalue weighted by Crippen LogP contribution is 2.26. The summed E-state index contributed by atoms with van der Waals surface area (Å²) < 4.78 is 0. The van der Waals surface area contributed by atoms with E-state index in [1.165, 1.54) is 16.9 Å². The molecule has 110 valence electrons. The van der Waals surface area contributed by atoms with Crippen molar-refractivity contribution >= 4 is 17.7 Å². The lowest BCUT2D eigenvalue weighted by Gasteiger charge is -2.26. The number of rotatable bonds is 3. The van der Waals surface area contributed by atoms with Crippen molar-refractivity contribution in [1.82, 2.24) is 4.90 Å². The summed E-state index contributed by atoms with van der Waals surface area (Å²) in [6.07, 6.45) is 3.60. The second-order valence-corrected chi connectivity index (χ2v) is 7.55. The Morgan fingerprint density at radius 2 is 1.70 bits per heavy atom. The van der Waals surface area contributed by atoms with Gasteiger partial charge in [0.05, 0.1) is 5.75 Å². The molecule has 1 heterocycles. The van der Waals surface area contributed by atoms with E-state index in [1.54, 1.807) is 11.8 Å². The zero-order chi connectivity index (χ0) is 14.6. The van der Waals surface area contributed by atoms with Crippen LogP contribution in [0.5, 0.6) is 0 Å². The Labute approximate surface area is 126 Å². The van der Waals surface area contributed by atoms with Gasteiger partial charge in [-0.2, -0.15) is 0 Å². The van der Waals surface area contributed by atoms with Crippen molar-refractivity contribution in [2.75, 3.05) is 18.8 Å². The Bertz CT molecular complexity index is 441. The summed E-state index contributed by atoms with van der Waals surface area (Å²) in [7, 11) is 0. The number of benzene rings is 1. The van der Waals surface area contributed by atoms with Crippen molar-refractivity contribution in [2.45, 2.75) is 50.3 Å². The summed E-state index contributed by atoms with van der Waals surface area (Å²) in [6, 6.07) is 8.62. The SMILES string of the molecule is CC(C)(C)c1ccc(SCC(=O)N2CCCCC2)cc1. The molecule has 0 aliphatic carbocycles. The normalized spacial score (nSPS) is 16.2. The molecular formula is C17H25NOS. The number of hydrogen-bond donors (Lipinski definition) is 0. The van der Waals surface area contributed by atoms with Crippen LogP contribution in [-0.4, -0.2) is 29.6 Å². The average Bonchev–Trinajstić information content (AvgIpc) is 2.45. The third-order valence-electron chi connectivity index (χ3n) is 3.79. The van der Waals surface area contributed by atoms with E-state index in [2.05, 4.69) is 45.0 Å². The monoisotopic (exact) mass is 291 g/mol. The predicted octanol–water partition coefficient (Wildman–Crippen LogP) is 4.09. The average molecular weight is 291 g/mol. The number of thioether (sulfide) groups is 1. The lowest BCUT2D eigenvalue weighted by atomic mass is 9.87. The number of amides is 1. The van der Waals surface area contributed by atoms with Gasteiger partial charge >= 0.3 is 0 Å². The van der Waals surface area contributed by atoms with Gasteiger partial charge in [0.1, 0.15) is 0 Å². The number of piperidine rings is 1. The third-order valence-corrected chi connectivity index (χ3v) is 4.79. The number of carbonyl (C=O) groups excluding carboxylic acids is 1. The van der Waals surface area contributed by atoms with Crippen molar-refractivity contribution in [1.29, 1.82) is 0 Å². The van der Waals surface area contributed by atoms with Crippen LogP contribution < -0.4 is 0 Å². The first-order valence-corrected chi connectivity index (χ1v) is 8.46. The second-order valence-electron chi connectivity index (χ2n) is 6.50. The molecule has 3 heteroatoms. The van der Waals surface area contributed by atoms with Crippen LogP contribution in [0, 0.1) is 0 Å². The summed E-state index contributed by atoms with van der Waals surface area (Å²) >= 11 is 1.65. The van der Waals surface area contributed by atoms with Crippen molar-refractivity contribution < 1.29 is 4.79 Å². The van der Waals surface area contributed by atoms with Crippen LogP contribution in [0.15, 0.2) is 29.2 Å². The lowest BCUT2D eigenvalue weighted by molar-refractivity contribution is -0.129. The Morgan fingerprint density at radius 3 is 2.25 bits per heavy atom. The largest absolute Gasteiger partial charge is 0.342 e. The fourth-order valence-electron chi connectivity index (χ4n) is 2.43. The van der Waals surface area contributed by atoms with E-state index in [0.717, 1.165) is 25.9 Å². The molecule has 0 atom stereocenters. The number of hydrogen-bond acceptors (Lipinski definition) is 2. The van der Waals surface area contributed by atoms with Crippen molar-refractivity contribution in [3.8, 4) is 0 Å². The van der Waals surface area contributed by atoms with Gasteiger partial charge in [0.15, 0.2) is 0 Å². The maximum atomic E-state index is 12.1. The summed E-state index contributed by atoms with van der Waals surface area (Å²) in [5, 5.41) is 0. The van der Waals surface area contributed by atoms with Crippen LogP contribution in [0.3, 0.4) is 0 Å². The zero-order valence-electron chi connectivity index (χ0n) is 12.8. The number of likely N-dealkylation sites (tertiary alicyclic amines) is 1. The van der Waals surface area contributed by atoms with Crippen LogP contribution >= 0.6 is 11.8 Å². The van der Waals surface area contributed by atoms with E-state index >= 15 is 0 Å². The van der Waals surface area contributed by atoms with E-state index in [9.17, 15) is 4.79 Å². The molecule has 0 N–H and O–H groups in total. The maximum absolute atomic E-state index is 12.1. The predicted molar refractivity (Wildman–Crippen MR) is 86.3 cm³/mol. The van der Waals surface area contributed by atoms with E-state index in [-0.39, 0.29) is 11.3 Å². The molecule has 1 aliphatic heterocycles. The van der Waals surface area contributed by atoms with Gasteiger partial charge < -0.3 is 4.90 Å². The Morgan fingerprint density at radius 1 is 1.10 bits per heavy atom. The van der Waals surface area contributed by atoms with Crippen molar-refractivity contribution in [3.63, 3.8) is 0 Å². The number of carbonyl (C=O) groups is 1. The van der Waals surface area contributed by atoms with E-state index in [4.69, 9.17) is 0 Å². The minimum Gasteiger partial charge on any atom is -0.342 e. The van der Waals surface area contributed by atoms with E-state index < -0.39 is 0 Å². The first-order valence-electron chi connectivity index (χ1n) is 7.48. The molecule has 2 rings (SSSR count). The molecule has 0 radical (unpaired) electrons. The molecule has 0 unspecified atom stereocenters. The third kappa shape index (κ3) is 4.27. The van der Waals surface area contributed by atoms with Gasteiger partial charge in [-0.15, -0.1) is 11.8 Å². The summed E-state index contributed by atoms with van der Waals surface area (Å²) in [6.45, 7) is 8.55. The molecule has 0 bridgehead atoms. The highest BCUT2D eigenvalue weighted by Gasteiger charge is 2.17. The van der Waals surface area contributed by atoms with Gasteiger partial charge in [-0.25, -0.2) is 0 Å². The first kappa shape index (κ1) is 15.4. The zero-order valence-corrected chi connectivity index (χ0v) is 13.6. The topological polar surface area (TPSA) is 20.3 Å². The Balaban J connectivity index is 1.86. The van der Waals surface area contributed by atoms with E-state index in [1.807, 2.05) is 4.90 Å². The van der Waals surface area contributed by atoms with Crippen LogP contribution in [0.25, 0.3) is 0 Å². The minimum absolute atomic E-state index is 0.187. The highest BCUT2D eigenvalue weighted by molar-refractivity contribution is 8.00. The second kappa shape index (κ2) is 6.66. The fraction of sp³-hybridized carbons (Fsp3) is 0.588. The minimum atomic E-state index is 0.187. The molecule has 0 saturated carbocycles. The maximum Gasteiger partial charge on any atom is 0.232 e. The van der Waals surface area contributed by atoms with E-state index in [0.29, 0.717) is 5.75 Å². The molecule has 1 amide bonds. The molecular weight excluding hydrogens is 266 g/mol. The van der Waals surface area contributed by atoms with Gasteiger partial charge in [-0.05, 0) is 42.4 Å². The van der Waals surface area contributed by atoms with Gasteiger partial charge in [-0.3, -0.25) is 4.79 Å². The van der Waals surface area contributed by atoms with Gasteiger partial charge in [-0.1, -0.05) is 32.9 Å². The van der Waals surface area contributed by atoms with Crippen LogP contribution in [0.2, 0.25) is 0 Å². The number of nitrogens with zero attached hydrogens (tertiary/aromatic N) is 1. The van der Waals surface area contributed by atoms with Gasteiger partial charge in [0.25, 0.3) is 0 Å². The van der Waals surface area contributed by atoms with Crippen molar-refractivity contribution in [3.05, 3.63) is 29.8 Å². The smallest absolute Gasteiger partial charge is 0.232 e. The molecule has 1 aliphatic rings. The van der Waals surface area contributed by atoms with Gasteiger partial charge in [0.2, 0.25) is 5.91 Å². The Hall–Kier alpha value is -0.960. The highest BCUT2D eigenvalue weighted by atomic mass is 32.2. The molecule has 2 nitrogen and oxygen atoms in total. The first-order chi connectivity index (χ1) is 9.47.